The first-order chi connectivity index (χ1) is 7.45. The van der Waals surface area contributed by atoms with Crippen molar-refractivity contribution in [3.63, 3.8) is 0 Å². The minimum Gasteiger partial charge on any atom is -0.265 e. The van der Waals surface area contributed by atoms with Crippen molar-refractivity contribution in [1.82, 2.24) is 4.98 Å². The fraction of sp³-hybridized carbons (Fsp3) is 0.500. The number of halogens is 1. The average molecular weight is 250 g/mol. The van der Waals surface area contributed by atoms with Gasteiger partial charge in [0.25, 0.3) is 0 Å². The van der Waals surface area contributed by atoms with Crippen LogP contribution in [0.1, 0.15) is 25.3 Å². The lowest BCUT2D eigenvalue weighted by atomic mass is 10.3. The first-order valence-electron chi connectivity index (χ1n) is 4.87. The molecule has 0 aliphatic heterocycles. The molecule has 0 saturated carbocycles. The highest BCUT2D eigenvalue weighted by Crippen LogP contribution is 1.92. The molecule has 0 spiro atoms. The monoisotopic (exact) mass is 249 g/mol. The lowest BCUT2D eigenvalue weighted by molar-refractivity contribution is -1.92. The quantitative estimate of drug-likeness (QED) is 0.645. The van der Waals surface area contributed by atoms with Gasteiger partial charge in [-0.1, -0.05) is 13.3 Å². The normalized spacial score (nSPS) is 10.6. The van der Waals surface area contributed by atoms with Crippen LogP contribution in [0.2, 0.25) is 0 Å². The van der Waals surface area contributed by atoms with E-state index < -0.39 is 10.2 Å². The Hall–Kier alpha value is -0.720. The van der Waals surface area contributed by atoms with Gasteiger partial charge in [-0.2, -0.15) is 14.0 Å². The Morgan fingerprint density at radius 2 is 1.81 bits per heavy atom. The Kier molecular flexibility index (Phi) is 8.05. The molecule has 1 aromatic heterocycles. The summed E-state index contributed by atoms with van der Waals surface area (Å²) in [5.41, 5.74) is 1.26. The van der Waals surface area contributed by atoms with Crippen LogP contribution in [0.3, 0.4) is 0 Å². The highest BCUT2D eigenvalue weighted by molar-refractivity contribution is 5.05. The molecule has 0 atom stereocenters. The Balaban J connectivity index is 0.000000288. The molecule has 0 aliphatic rings. The van der Waals surface area contributed by atoms with Crippen LogP contribution in [0.4, 0.5) is 0 Å². The molecule has 0 fully saturated rings. The summed E-state index contributed by atoms with van der Waals surface area (Å²) in [5, 5.41) is 0. The number of rotatable bonds is 4. The number of unbranched alkanes of at least 4 members (excludes halogenated alkanes) is 1. The molecule has 16 heavy (non-hydrogen) atoms. The molecule has 0 aliphatic carbocycles. The standard InChI is InChI=1S/C6H7N.C4H9ClO4/c1-6-2-4-7-5-3-6;1-2-3-4-9-5(6,7)8/h2-5H,1H3;2-4H2,1H3. The fourth-order valence-corrected chi connectivity index (χ4v) is 1.02. The predicted molar refractivity (Wildman–Crippen MR) is 49.8 cm³/mol. The first kappa shape index (κ1) is 15.3. The summed E-state index contributed by atoms with van der Waals surface area (Å²) in [7, 11) is -4.20. The summed E-state index contributed by atoms with van der Waals surface area (Å²) in [6.45, 7) is 3.91. The molecule has 0 unspecified atom stereocenters. The summed E-state index contributed by atoms with van der Waals surface area (Å²) < 4.78 is 33.0. The van der Waals surface area contributed by atoms with E-state index in [0.717, 1.165) is 6.42 Å². The summed E-state index contributed by atoms with van der Waals surface area (Å²) in [5.74, 6) is 0. The molecule has 0 bridgehead atoms. The zero-order valence-corrected chi connectivity index (χ0v) is 10.1. The summed E-state index contributed by atoms with van der Waals surface area (Å²) in [6, 6.07) is 3.94. The molecule has 1 rings (SSSR count). The number of nitrogens with zero attached hydrogens (tertiary/aromatic N) is 1. The van der Waals surface area contributed by atoms with Crippen LogP contribution in [0.25, 0.3) is 0 Å². The summed E-state index contributed by atoms with van der Waals surface area (Å²) in [6.07, 6.45) is 4.98. The lowest BCUT2D eigenvalue weighted by Gasteiger charge is -2.11. The van der Waals surface area contributed by atoms with Gasteiger partial charge < -0.3 is 0 Å². The fourth-order valence-electron chi connectivity index (χ4n) is 0.720. The van der Waals surface area contributed by atoms with Crippen molar-refractivity contribution in [2.24, 2.45) is 0 Å². The molecular formula is C10H16ClNO4. The second-order valence-electron chi connectivity index (χ2n) is 3.07. The minimum atomic E-state index is -4.20. The Labute approximate surface area is 97.4 Å². The van der Waals surface area contributed by atoms with E-state index in [2.05, 4.69) is 9.27 Å². The van der Waals surface area contributed by atoms with E-state index >= 15 is 0 Å². The van der Waals surface area contributed by atoms with Crippen molar-refractivity contribution < 1.29 is 28.5 Å². The molecule has 0 amide bonds. The molecule has 0 saturated heterocycles. The van der Waals surface area contributed by atoms with Gasteiger partial charge in [-0.25, -0.2) is 0 Å². The van der Waals surface area contributed by atoms with Gasteiger partial charge in [0.15, 0.2) is 0 Å². The molecule has 5 nitrogen and oxygen atoms in total. The third kappa shape index (κ3) is 11.4. The summed E-state index contributed by atoms with van der Waals surface area (Å²) >= 11 is 0. The highest BCUT2D eigenvalue weighted by Gasteiger charge is 2.14. The number of aromatic nitrogens is 1. The largest absolute Gasteiger partial charge is 0.265 e. The Morgan fingerprint density at radius 1 is 1.25 bits per heavy atom. The molecule has 0 N–H and O–H groups in total. The molecule has 0 aromatic carbocycles. The van der Waals surface area contributed by atoms with Crippen molar-refractivity contribution in [2.75, 3.05) is 6.61 Å². The van der Waals surface area contributed by atoms with Crippen LogP contribution in [0.15, 0.2) is 24.5 Å². The van der Waals surface area contributed by atoms with E-state index in [9.17, 15) is 14.0 Å². The van der Waals surface area contributed by atoms with Crippen molar-refractivity contribution in [2.45, 2.75) is 26.7 Å². The van der Waals surface area contributed by atoms with Crippen molar-refractivity contribution >= 4 is 0 Å². The first-order valence-corrected chi connectivity index (χ1v) is 6.11. The molecule has 1 aromatic rings. The third-order valence-corrected chi connectivity index (χ3v) is 1.98. The average Bonchev–Trinajstić information content (AvgIpc) is 2.18. The SMILES string of the molecule is CCCCO[Cl+3]([O-])([O-])[O-].Cc1ccncc1. The molecule has 92 valence electrons. The molecule has 1 heterocycles. The van der Waals surface area contributed by atoms with Gasteiger partial charge in [0, 0.05) is 12.4 Å². The van der Waals surface area contributed by atoms with E-state index in [0.29, 0.717) is 6.42 Å². The second kappa shape index (κ2) is 8.43. The van der Waals surface area contributed by atoms with Gasteiger partial charge in [-0.15, -0.1) is 0 Å². The van der Waals surface area contributed by atoms with Crippen LogP contribution >= 0.6 is 0 Å². The number of aryl methyl sites for hydroxylation is 1. The summed E-state index contributed by atoms with van der Waals surface area (Å²) in [4.78, 5) is 3.85. The molecular weight excluding hydrogens is 234 g/mol. The van der Waals surface area contributed by atoms with Gasteiger partial charge >= 0.3 is 0 Å². The van der Waals surface area contributed by atoms with Crippen molar-refractivity contribution in [3.05, 3.63) is 30.1 Å². The Bertz CT molecular complexity index is 263. The van der Waals surface area contributed by atoms with Crippen LogP contribution in [-0.4, -0.2) is 11.6 Å². The van der Waals surface area contributed by atoms with Crippen LogP contribution in [-0.2, 0) is 4.29 Å². The Morgan fingerprint density at radius 3 is 2.12 bits per heavy atom. The van der Waals surface area contributed by atoms with Crippen LogP contribution in [0, 0.1) is 17.2 Å². The zero-order valence-electron chi connectivity index (χ0n) is 9.39. The highest BCUT2D eigenvalue weighted by atomic mass is 35.7. The maximum absolute atomic E-state index is 9.70. The second-order valence-corrected chi connectivity index (χ2v) is 4.04. The van der Waals surface area contributed by atoms with E-state index in [-0.39, 0.29) is 6.61 Å². The topological polar surface area (TPSA) is 91.3 Å². The number of hydrogen-bond acceptors (Lipinski definition) is 5. The van der Waals surface area contributed by atoms with E-state index in [1.807, 2.05) is 26.0 Å². The van der Waals surface area contributed by atoms with E-state index in [4.69, 9.17) is 0 Å². The number of pyridine rings is 1. The van der Waals surface area contributed by atoms with Gasteiger partial charge in [0.1, 0.15) is 0 Å². The van der Waals surface area contributed by atoms with Gasteiger partial charge in [0.05, 0.1) is 14.5 Å². The minimum absolute atomic E-state index is 0.0100. The van der Waals surface area contributed by atoms with Crippen LogP contribution < -0.4 is 14.0 Å². The van der Waals surface area contributed by atoms with Crippen molar-refractivity contribution in [1.29, 1.82) is 0 Å². The van der Waals surface area contributed by atoms with Gasteiger partial charge in [0.2, 0.25) is 6.61 Å². The molecule has 0 radical (unpaired) electrons. The van der Waals surface area contributed by atoms with E-state index in [1.54, 1.807) is 12.4 Å². The number of hydrogen-bond donors (Lipinski definition) is 0. The van der Waals surface area contributed by atoms with E-state index in [1.165, 1.54) is 5.56 Å². The maximum atomic E-state index is 9.70. The molecule has 6 heteroatoms. The smallest absolute Gasteiger partial charge is 0.203 e. The maximum Gasteiger partial charge on any atom is 0.203 e. The predicted octanol–water partition coefficient (Wildman–Crippen LogP) is -0.910. The zero-order chi connectivity index (χ0) is 12.4. The third-order valence-electron chi connectivity index (χ3n) is 1.56. The van der Waals surface area contributed by atoms with Crippen molar-refractivity contribution in [3.8, 4) is 0 Å². The van der Waals surface area contributed by atoms with Crippen LogP contribution in [0.5, 0.6) is 0 Å². The lowest BCUT2D eigenvalue weighted by Crippen LogP contribution is -2.61. The van der Waals surface area contributed by atoms with Gasteiger partial charge in [-0.3, -0.25) is 4.98 Å². The van der Waals surface area contributed by atoms with Gasteiger partial charge in [-0.05, 0) is 31.0 Å².